The summed E-state index contributed by atoms with van der Waals surface area (Å²) in [4.78, 5) is 46.6. The monoisotopic (exact) mass is 937 g/mol. The minimum absolute atomic E-state index is 0.0605. The molecule has 0 radical (unpaired) electrons. The number of aliphatic hydroxyl groups is 1. The molecule has 6 bridgehead atoms. The van der Waals surface area contributed by atoms with Gasteiger partial charge in [0.1, 0.15) is 5.82 Å². The summed E-state index contributed by atoms with van der Waals surface area (Å²) in [5.74, 6) is 1.20. The maximum atomic E-state index is 15.7. The molecule has 6 heterocycles. The summed E-state index contributed by atoms with van der Waals surface area (Å²) in [5, 5.41) is 28.9. The summed E-state index contributed by atoms with van der Waals surface area (Å²) in [6.07, 6.45) is 29.0. The molecular weight excluding hydrogens is 865 g/mol. The molecule has 69 heavy (non-hydrogen) atoms. The fourth-order valence-electron chi connectivity index (χ4n) is 14.7. The van der Waals surface area contributed by atoms with Crippen molar-refractivity contribution in [2.24, 2.45) is 52.6 Å². The lowest BCUT2D eigenvalue weighted by molar-refractivity contribution is -0.150. The van der Waals surface area contributed by atoms with Gasteiger partial charge in [0, 0.05) is 42.3 Å². The van der Waals surface area contributed by atoms with Gasteiger partial charge in [-0.15, -0.1) is 0 Å². The zero-order valence-corrected chi connectivity index (χ0v) is 40.9. The number of dihydropyridines is 2. The zero-order chi connectivity index (χ0) is 47.8. The number of hydrogen-bond acceptors (Lipinski definition) is 12. The number of epoxide rings is 1. The molecule has 366 valence electrons. The minimum Gasteiger partial charge on any atom is -0.463 e. The molecular formula is C57H72N6O6. The van der Waals surface area contributed by atoms with Gasteiger partial charge < -0.3 is 46.9 Å². The second kappa shape index (κ2) is 18.1. The van der Waals surface area contributed by atoms with Gasteiger partial charge in [0.05, 0.1) is 25.5 Å². The van der Waals surface area contributed by atoms with Crippen LogP contribution in [0.25, 0.3) is 0 Å². The number of carbonyl (C=O) groups excluding carboxylic acids is 3. The van der Waals surface area contributed by atoms with E-state index in [0.29, 0.717) is 36.2 Å². The van der Waals surface area contributed by atoms with Gasteiger partial charge >= 0.3 is 5.97 Å². The molecule has 1 aromatic rings. The lowest BCUT2D eigenvalue weighted by Crippen LogP contribution is -2.53. The molecule has 11 aliphatic rings. The fourth-order valence-corrected chi connectivity index (χ4v) is 14.7. The highest BCUT2D eigenvalue weighted by Gasteiger charge is 2.86. The van der Waals surface area contributed by atoms with E-state index < -0.39 is 28.7 Å². The maximum Gasteiger partial charge on any atom is 0.350 e. The Bertz CT molecular complexity index is 2570. The van der Waals surface area contributed by atoms with Gasteiger partial charge in [-0.2, -0.15) is 0 Å². The third kappa shape index (κ3) is 7.79. The standard InChI is InChI=1S/C57H72N6O6/c1-5-60-45-24-36-9-6-12-40-34-11-8-21-55(3,26-33-14-19-46(58)62-29-33)27-38-10-7-13-43-49(38)52(66)57(54(67)68-31-44(45)42(18-17-34)48(36)40)56(69-57,51(43)65)28-39(30-64)32(2)23-35-15-16-37-25-47(59-4)63-53-50(37)41(35)20-22-61-53/h6-7,9-10,13-14,17-20,24,29,34-35,37,40,42,44-48,59-64H,5,8,11-12,15-16,21-23,25-28,30-31,58H2,1-4H3/b39-32-/t34-,35-,37-,40-,42-,44+,45-,46?,47+,48+,55+,56+,57+/m1/s1. The summed E-state index contributed by atoms with van der Waals surface area (Å²) >= 11 is 0. The molecule has 12 heteroatoms. The molecule has 13 atom stereocenters. The zero-order valence-electron chi connectivity index (χ0n) is 40.9. The molecule has 0 amide bonds. The van der Waals surface area contributed by atoms with E-state index in [1.54, 1.807) is 6.07 Å². The summed E-state index contributed by atoms with van der Waals surface area (Å²) in [5.41, 5.74) is 9.84. The third-order valence-electron chi connectivity index (χ3n) is 18.2. The second-order valence-electron chi connectivity index (χ2n) is 22.3. The van der Waals surface area contributed by atoms with Crippen LogP contribution in [0.4, 0.5) is 0 Å². The number of esters is 1. The van der Waals surface area contributed by atoms with Crippen molar-refractivity contribution >= 4 is 17.5 Å². The highest BCUT2D eigenvalue weighted by molar-refractivity contribution is 6.33. The Morgan fingerprint density at radius 2 is 1.93 bits per heavy atom. The topological polar surface area (TPSA) is 179 Å². The van der Waals surface area contributed by atoms with Crippen LogP contribution in [0.5, 0.6) is 0 Å². The molecule has 6 aliphatic heterocycles. The molecule has 0 aromatic heterocycles. The van der Waals surface area contributed by atoms with Gasteiger partial charge in [-0.05, 0) is 159 Å². The van der Waals surface area contributed by atoms with E-state index in [0.717, 1.165) is 87.0 Å². The van der Waals surface area contributed by atoms with Crippen LogP contribution in [0.3, 0.4) is 0 Å². The number of fused-ring (bicyclic) bond motifs is 6. The highest BCUT2D eigenvalue weighted by atomic mass is 16.7. The lowest BCUT2D eigenvalue weighted by Gasteiger charge is -2.49. The van der Waals surface area contributed by atoms with Crippen LogP contribution in [0.15, 0.2) is 112 Å². The Labute approximate surface area is 407 Å². The van der Waals surface area contributed by atoms with Gasteiger partial charge in [0.25, 0.3) is 5.60 Å². The molecule has 12 nitrogen and oxygen atoms in total. The van der Waals surface area contributed by atoms with Crippen molar-refractivity contribution in [1.82, 2.24) is 26.6 Å². The molecule has 8 N–H and O–H groups in total. The predicted molar refractivity (Wildman–Crippen MR) is 266 cm³/mol. The number of Topliss-reactive ketones (excluding diaryl/α,β-unsaturated/α-hetero) is 2. The van der Waals surface area contributed by atoms with Crippen molar-refractivity contribution in [3.63, 3.8) is 0 Å². The van der Waals surface area contributed by atoms with Crippen LogP contribution < -0.4 is 32.3 Å². The molecule has 2 fully saturated rings. The Kier molecular flexibility index (Phi) is 12.2. The lowest BCUT2D eigenvalue weighted by atomic mass is 9.57. The second-order valence-corrected chi connectivity index (χ2v) is 22.3. The SMILES string of the molecule is CCN[C@@H]1C=C2C=CC[C@H]3[C@H]2[C@@H]2C=C[C@H]3CCC[C@@](C)(CC3=CNC(N)C=C3)Cc3cccc4c3C(=O)[C@]3(O[C@@]3(C/C(CO)=C(\C)C[C@H]3CC[C@@H]5C[C@@H](NC)NC6=C5C3=CCN6)C4=O)C(=O)OC[C@@H]21. The van der Waals surface area contributed by atoms with E-state index in [1.165, 1.54) is 16.7 Å². The number of likely N-dealkylation sites (N-methyl/N-ethyl adjacent to an activating group) is 1. The number of nitrogens with two attached hydrogens (primary N) is 1. The van der Waals surface area contributed by atoms with E-state index >= 15 is 14.4 Å². The summed E-state index contributed by atoms with van der Waals surface area (Å²) in [7, 11) is 1.99. The predicted octanol–water partition coefficient (Wildman–Crippen LogP) is 6.49. The summed E-state index contributed by atoms with van der Waals surface area (Å²) < 4.78 is 13.2. The number of aliphatic hydroxyl groups excluding tert-OH is 1. The van der Waals surface area contributed by atoms with E-state index in [-0.39, 0.29) is 78.2 Å². The number of allylic oxidation sites excluding steroid dienone is 10. The fraction of sp³-hybridized carbons (Fsp3) is 0.561. The summed E-state index contributed by atoms with van der Waals surface area (Å²) in [6, 6.07) is 5.49. The number of ketones is 2. The van der Waals surface area contributed by atoms with Crippen LogP contribution >= 0.6 is 0 Å². The van der Waals surface area contributed by atoms with E-state index in [2.05, 4.69) is 83.0 Å². The van der Waals surface area contributed by atoms with Crippen LogP contribution in [-0.2, 0) is 20.7 Å². The molecule has 1 spiro atoms. The third-order valence-corrected chi connectivity index (χ3v) is 18.2. The van der Waals surface area contributed by atoms with Crippen LogP contribution in [-0.4, -0.2) is 85.6 Å². The first-order valence-electron chi connectivity index (χ1n) is 26.1. The Hall–Kier alpha value is -4.85. The van der Waals surface area contributed by atoms with Crippen molar-refractivity contribution < 1.29 is 29.0 Å². The van der Waals surface area contributed by atoms with Crippen molar-refractivity contribution in [2.45, 2.75) is 121 Å². The number of carbonyl (C=O) groups is 3. The molecule has 1 saturated heterocycles. The van der Waals surface area contributed by atoms with Crippen LogP contribution in [0, 0.1) is 46.8 Å². The van der Waals surface area contributed by atoms with Crippen molar-refractivity contribution in [1.29, 1.82) is 0 Å². The number of nitrogens with one attached hydrogen (secondary N) is 5. The van der Waals surface area contributed by atoms with Gasteiger partial charge in [-0.25, -0.2) is 4.79 Å². The first-order valence-corrected chi connectivity index (χ1v) is 26.1. The first kappa shape index (κ1) is 46.5. The van der Waals surface area contributed by atoms with Gasteiger partial charge in [0.2, 0.25) is 5.78 Å². The number of rotatable bonds is 10. The van der Waals surface area contributed by atoms with Gasteiger partial charge in [-0.1, -0.05) is 86.6 Å². The quantitative estimate of drug-likeness (QED) is 0.0588. The van der Waals surface area contributed by atoms with E-state index in [4.69, 9.17) is 15.2 Å². The molecule has 1 unspecified atom stereocenters. The van der Waals surface area contributed by atoms with Gasteiger partial charge in [-0.3, -0.25) is 9.59 Å². The van der Waals surface area contributed by atoms with E-state index in [9.17, 15) is 5.11 Å². The normalized spacial score (nSPS) is 38.8. The van der Waals surface area contributed by atoms with Crippen molar-refractivity contribution in [2.75, 3.05) is 33.4 Å². The minimum atomic E-state index is -2.19. The maximum absolute atomic E-state index is 15.7. The van der Waals surface area contributed by atoms with Crippen molar-refractivity contribution in [3.8, 4) is 0 Å². The first-order chi connectivity index (χ1) is 33.4. The van der Waals surface area contributed by atoms with Crippen molar-refractivity contribution in [3.05, 3.63) is 129 Å². The highest BCUT2D eigenvalue weighted by Crippen LogP contribution is 2.61. The number of benzene rings is 1. The Morgan fingerprint density at radius 1 is 1.06 bits per heavy atom. The average Bonchev–Trinajstić information content (AvgIpc) is 4.05. The van der Waals surface area contributed by atoms with E-state index in [1.807, 2.05) is 38.4 Å². The molecule has 1 saturated carbocycles. The van der Waals surface area contributed by atoms with Crippen LogP contribution in [0.1, 0.15) is 111 Å². The summed E-state index contributed by atoms with van der Waals surface area (Å²) in [6.45, 7) is 7.63. The molecule has 1 aromatic carbocycles. The Balaban J connectivity index is 0.977. The molecule has 12 rings (SSSR count). The van der Waals surface area contributed by atoms with Crippen LogP contribution in [0.2, 0.25) is 0 Å². The molecule has 5 aliphatic carbocycles. The smallest absolute Gasteiger partial charge is 0.350 e. The number of hydrogen-bond donors (Lipinski definition) is 7. The Morgan fingerprint density at radius 3 is 2.72 bits per heavy atom. The largest absolute Gasteiger partial charge is 0.463 e. The number of ether oxygens (including phenoxy) is 2. The van der Waals surface area contributed by atoms with Gasteiger partial charge in [0.15, 0.2) is 11.4 Å². The average molecular weight is 937 g/mol.